The van der Waals surface area contributed by atoms with E-state index in [0.29, 0.717) is 23.6 Å². The minimum absolute atomic E-state index is 0.214. The molecule has 0 radical (unpaired) electrons. The molecular weight excluding hydrogens is 408 g/mol. The Labute approximate surface area is 184 Å². The van der Waals surface area contributed by atoms with E-state index in [1.54, 1.807) is 36.4 Å². The van der Waals surface area contributed by atoms with Crippen LogP contribution in [0.2, 0.25) is 0 Å². The topological polar surface area (TPSA) is 105 Å². The number of hydrogen-bond acceptors (Lipinski definition) is 5. The van der Waals surface area contributed by atoms with Crippen LogP contribution >= 0.6 is 0 Å². The number of ether oxygens (including phenoxy) is 1. The van der Waals surface area contributed by atoms with E-state index in [2.05, 4.69) is 16.0 Å². The highest BCUT2D eigenvalue weighted by Crippen LogP contribution is 2.18. The van der Waals surface area contributed by atoms with Gasteiger partial charge in [-0.3, -0.25) is 20.4 Å². The Kier molecular flexibility index (Phi) is 6.12. The van der Waals surface area contributed by atoms with Crippen molar-refractivity contribution in [2.45, 2.75) is 6.61 Å². The standard InChI is InChI=1S/C24H20N4O4/c29-21-15-28(19-11-5-2-6-12-19)27-22(21)24(31)26-25-23(30)18-10-7-13-20(14-18)32-16-17-8-3-1-4-9-17/h1-15,29H,16H2,(H,25,30)(H,26,31). The van der Waals surface area contributed by atoms with E-state index < -0.39 is 11.8 Å². The van der Waals surface area contributed by atoms with Crippen LogP contribution in [0.4, 0.5) is 0 Å². The lowest BCUT2D eigenvalue weighted by Gasteiger charge is -2.09. The third kappa shape index (κ3) is 4.93. The maximum atomic E-state index is 12.4. The second-order valence-corrected chi connectivity index (χ2v) is 6.85. The molecular formula is C24H20N4O4. The zero-order valence-corrected chi connectivity index (χ0v) is 16.9. The van der Waals surface area contributed by atoms with Crippen LogP contribution in [0.5, 0.6) is 11.5 Å². The first-order chi connectivity index (χ1) is 15.6. The molecule has 8 nitrogen and oxygen atoms in total. The lowest BCUT2D eigenvalue weighted by molar-refractivity contribution is 0.0842. The number of nitrogens with zero attached hydrogens (tertiary/aromatic N) is 2. The fraction of sp³-hybridized carbons (Fsp3) is 0.0417. The van der Waals surface area contributed by atoms with Crippen LogP contribution in [0.25, 0.3) is 5.69 Å². The SMILES string of the molecule is O=C(NNC(=O)c1nn(-c2ccccc2)cc1O)c1cccc(OCc2ccccc2)c1. The summed E-state index contributed by atoms with van der Waals surface area (Å²) in [5.41, 5.74) is 6.36. The lowest BCUT2D eigenvalue weighted by atomic mass is 10.2. The molecule has 0 unspecified atom stereocenters. The van der Waals surface area contributed by atoms with Crippen molar-refractivity contribution >= 4 is 11.8 Å². The summed E-state index contributed by atoms with van der Waals surface area (Å²) in [6.07, 6.45) is 1.32. The highest BCUT2D eigenvalue weighted by atomic mass is 16.5. The van der Waals surface area contributed by atoms with Gasteiger partial charge in [0.05, 0.1) is 11.9 Å². The molecule has 1 heterocycles. The highest BCUT2D eigenvalue weighted by molar-refractivity contribution is 5.99. The molecule has 1 aromatic heterocycles. The van der Waals surface area contributed by atoms with Gasteiger partial charge in [0, 0.05) is 5.56 Å². The van der Waals surface area contributed by atoms with Crippen LogP contribution < -0.4 is 15.6 Å². The van der Waals surface area contributed by atoms with Gasteiger partial charge in [0.25, 0.3) is 11.8 Å². The van der Waals surface area contributed by atoms with Crippen LogP contribution in [0.15, 0.2) is 91.1 Å². The number of carbonyl (C=O) groups is 2. The van der Waals surface area contributed by atoms with Crippen LogP contribution in [-0.2, 0) is 6.61 Å². The first-order valence-corrected chi connectivity index (χ1v) is 9.82. The van der Waals surface area contributed by atoms with Gasteiger partial charge in [0.1, 0.15) is 12.4 Å². The van der Waals surface area contributed by atoms with Crippen LogP contribution in [-0.4, -0.2) is 26.7 Å². The summed E-state index contributed by atoms with van der Waals surface area (Å²) in [7, 11) is 0. The van der Waals surface area contributed by atoms with Crippen molar-refractivity contribution < 1.29 is 19.4 Å². The molecule has 0 aliphatic rings. The second-order valence-electron chi connectivity index (χ2n) is 6.85. The van der Waals surface area contributed by atoms with Gasteiger partial charge in [0.15, 0.2) is 11.4 Å². The Morgan fingerprint density at radius 3 is 2.31 bits per heavy atom. The Hall–Kier alpha value is -4.59. The molecule has 3 aromatic carbocycles. The number of aromatic hydroxyl groups is 1. The largest absolute Gasteiger partial charge is 0.504 e. The van der Waals surface area contributed by atoms with Crippen molar-refractivity contribution in [1.82, 2.24) is 20.6 Å². The molecule has 0 saturated heterocycles. The summed E-state index contributed by atoms with van der Waals surface area (Å²) in [4.78, 5) is 24.8. The van der Waals surface area contributed by atoms with Gasteiger partial charge >= 0.3 is 0 Å². The Balaban J connectivity index is 1.36. The fourth-order valence-corrected chi connectivity index (χ4v) is 2.95. The molecule has 2 amide bonds. The predicted molar refractivity (Wildman–Crippen MR) is 117 cm³/mol. The average molecular weight is 428 g/mol. The predicted octanol–water partition coefficient (Wildman–Crippen LogP) is 3.23. The first kappa shape index (κ1) is 20.7. The first-order valence-electron chi connectivity index (χ1n) is 9.82. The molecule has 0 spiro atoms. The fourth-order valence-electron chi connectivity index (χ4n) is 2.95. The van der Waals surface area contributed by atoms with Crippen LogP contribution in [0.3, 0.4) is 0 Å². The van der Waals surface area contributed by atoms with Crippen molar-refractivity contribution in [2.75, 3.05) is 0 Å². The minimum atomic E-state index is -0.748. The second kappa shape index (κ2) is 9.48. The molecule has 0 atom stereocenters. The van der Waals surface area contributed by atoms with E-state index in [1.807, 2.05) is 48.5 Å². The highest BCUT2D eigenvalue weighted by Gasteiger charge is 2.18. The lowest BCUT2D eigenvalue weighted by Crippen LogP contribution is -2.41. The maximum Gasteiger partial charge on any atom is 0.294 e. The van der Waals surface area contributed by atoms with Crippen LogP contribution in [0, 0.1) is 0 Å². The number of hydrogen-bond donors (Lipinski definition) is 3. The zero-order valence-electron chi connectivity index (χ0n) is 16.9. The van der Waals surface area contributed by atoms with E-state index in [9.17, 15) is 14.7 Å². The monoisotopic (exact) mass is 428 g/mol. The van der Waals surface area contributed by atoms with Gasteiger partial charge in [-0.2, -0.15) is 5.10 Å². The van der Waals surface area contributed by atoms with Gasteiger partial charge in [0.2, 0.25) is 0 Å². The van der Waals surface area contributed by atoms with E-state index in [0.717, 1.165) is 5.56 Å². The molecule has 8 heteroatoms. The van der Waals surface area contributed by atoms with Gasteiger partial charge in [-0.05, 0) is 35.9 Å². The number of carbonyl (C=O) groups excluding carboxylic acids is 2. The summed E-state index contributed by atoms with van der Waals surface area (Å²) in [5, 5.41) is 14.1. The molecule has 4 rings (SSSR count). The van der Waals surface area contributed by atoms with E-state index in [1.165, 1.54) is 10.9 Å². The van der Waals surface area contributed by atoms with Crippen LogP contribution in [0.1, 0.15) is 26.4 Å². The summed E-state index contributed by atoms with van der Waals surface area (Å²) in [6, 6.07) is 25.3. The van der Waals surface area contributed by atoms with Crippen molar-refractivity contribution in [3.05, 3.63) is 108 Å². The molecule has 0 bridgehead atoms. The Morgan fingerprint density at radius 1 is 0.875 bits per heavy atom. The summed E-state index contributed by atoms with van der Waals surface area (Å²) < 4.78 is 7.10. The molecule has 32 heavy (non-hydrogen) atoms. The van der Waals surface area contributed by atoms with Crippen molar-refractivity contribution in [2.24, 2.45) is 0 Å². The third-order valence-corrected chi connectivity index (χ3v) is 4.56. The van der Waals surface area contributed by atoms with E-state index in [-0.39, 0.29) is 11.4 Å². The van der Waals surface area contributed by atoms with Crippen molar-refractivity contribution in [1.29, 1.82) is 0 Å². The molecule has 0 aliphatic heterocycles. The number of para-hydroxylation sites is 1. The number of benzene rings is 3. The molecule has 0 saturated carbocycles. The van der Waals surface area contributed by atoms with E-state index >= 15 is 0 Å². The van der Waals surface area contributed by atoms with Crippen molar-refractivity contribution in [3.63, 3.8) is 0 Å². The van der Waals surface area contributed by atoms with Gasteiger partial charge < -0.3 is 9.84 Å². The Morgan fingerprint density at radius 2 is 1.56 bits per heavy atom. The smallest absolute Gasteiger partial charge is 0.294 e. The molecule has 160 valence electrons. The van der Waals surface area contributed by atoms with Gasteiger partial charge in [-0.15, -0.1) is 0 Å². The zero-order chi connectivity index (χ0) is 22.3. The number of rotatable bonds is 6. The number of hydrazine groups is 1. The quantitative estimate of drug-likeness (QED) is 0.409. The Bertz CT molecular complexity index is 1220. The maximum absolute atomic E-state index is 12.4. The summed E-state index contributed by atoms with van der Waals surface area (Å²) in [6.45, 7) is 0.367. The van der Waals surface area contributed by atoms with Crippen molar-refractivity contribution in [3.8, 4) is 17.2 Å². The number of nitrogens with one attached hydrogen (secondary N) is 2. The molecule has 3 N–H and O–H groups in total. The molecule has 4 aromatic rings. The summed E-state index contributed by atoms with van der Waals surface area (Å²) in [5.74, 6) is -1.07. The van der Waals surface area contributed by atoms with Gasteiger partial charge in [-0.25, -0.2) is 4.68 Å². The van der Waals surface area contributed by atoms with Gasteiger partial charge in [-0.1, -0.05) is 54.6 Å². The average Bonchev–Trinajstić information content (AvgIpc) is 3.24. The minimum Gasteiger partial charge on any atom is -0.504 e. The number of aromatic nitrogens is 2. The summed E-state index contributed by atoms with van der Waals surface area (Å²) >= 11 is 0. The number of amides is 2. The third-order valence-electron chi connectivity index (χ3n) is 4.56. The normalized spacial score (nSPS) is 10.4. The molecule has 0 aliphatic carbocycles. The van der Waals surface area contributed by atoms with E-state index in [4.69, 9.17) is 4.74 Å². The molecule has 0 fully saturated rings.